The van der Waals surface area contributed by atoms with Crippen LogP contribution < -0.4 is 9.80 Å². The normalized spacial score (nSPS) is 17.7. The van der Waals surface area contributed by atoms with E-state index in [1.54, 1.807) is 30.1 Å². The standard InChI is InChI=1S/C20H17F3N4OS/c1-19(2)17(25-3)26(18(29)27(19)13-6-8-15(28)9-7-13)14-5-4-12(11-24)16(10-14)20(21,22)23/h4-10,28H,1-3H3. The van der Waals surface area contributed by atoms with Crippen molar-refractivity contribution in [3.8, 4) is 11.8 Å². The van der Waals surface area contributed by atoms with Crippen molar-refractivity contribution in [2.24, 2.45) is 4.99 Å². The van der Waals surface area contributed by atoms with E-state index in [9.17, 15) is 18.3 Å². The fourth-order valence-electron chi connectivity index (χ4n) is 3.45. The summed E-state index contributed by atoms with van der Waals surface area (Å²) in [6.07, 6.45) is -4.68. The lowest BCUT2D eigenvalue weighted by Crippen LogP contribution is -2.44. The van der Waals surface area contributed by atoms with Crippen molar-refractivity contribution in [1.29, 1.82) is 5.26 Å². The number of aromatic hydroxyl groups is 1. The molecule has 1 aliphatic rings. The maximum atomic E-state index is 13.4. The van der Waals surface area contributed by atoms with Crippen molar-refractivity contribution in [2.45, 2.75) is 25.6 Å². The lowest BCUT2D eigenvalue weighted by molar-refractivity contribution is -0.137. The number of thiocarbonyl (C=S) groups is 1. The number of hydrogen-bond donors (Lipinski definition) is 1. The highest BCUT2D eigenvalue weighted by Gasteiger charge is 2.48. The summed E-state index contributed by atoms with van der Waals surface area (Å²) in [5.41, 5.74) is -1.44. The zero-order valence-corrected chi connectivity index (χ0v) is 16.6. The molecule has 1 aliphatic heterocycles. The Morgan fingerprint density at radius 2 is 1.69 bits per heavy atom. The molecule has 0 saturated carbocycles. The predicted octanol–water partition coefficient (Wildman–Crippen LogP) is 4.70. The van der Waals surface area contributed by atoms with Crippen LogP contribution in [-0.2, 0) is 6.18 Å². The summed E-state index contributed by atoms with van der Waals surface area (Å²) in [6.45, 7) is 3.70. The number of alkyl halides is 3. The Kier molecular flexibility index (Phi) is 5.01. The Morgan fingerprint density at radius 1 is 1.10 bits per heavy atom. The number of halogens is 3. The van der Waals surface area contributed by atoms with Crippen LogP contribution in [0.1, 0.15) is 25.0 Å². The third-order valence-corrected chi connectivity index (χ3v) is 5.07. The van der Waals surface area contributed by atoms with Gasteiger partial charge in [-0.05, 0) is 68.5 Å². The first-order valence-electron chi connectivity index (χ1n) is 8.54. The largest absolute Gasteiger partial charge is 0.508 e. The van der Waals surface area contributed by atoms with Crippen molar-refractivity contribution in [1.82, 2.24) is 0 Å². The fourth-order valence-corrected chi connectivity index (χ4v) is 3.97. The highest BCUT2D eigenvalue weighted by Crippen LogP contribution is 2.40. The molecule has 1 heterocycles. The summed E-state index contributed by atoms with van der Waals surface area (Å²) >= 11 is 5.61. The van der Waals surface area contributed by atoms with Gasteiger partial charge in [-0.2, -0.15) is 18.4 Å². The first-order valence-corrected chi connectivity index (χ1v) is 8.95. The summed E-state index contributed by atoms with van der Waals surface area (Å²) in [7, 11) is 1.54. The minimum absolute atomic E-state index is 0.0832. The summed E-state index contributed by atoms with van der Waals surface area (Å²) in [5.74, 6) is 0.535. The third kappa shape index (κ3) is 3.40. The first-order chi connectivity index (χ1) is 13.5. The van der Waals surface area contributed by atoms with E-state index in [4.69, 9.17) is 17.5 Å². The van der Waals surface area contributed by atoms with Gasteiger partial charge in [0.2, 0.25) is 0 Å². The molecule has 0 atom stereocenters. The molecule has 1 saturated heterocycles. The summed E-state index contributed by atoms with van der Waals surface area (Å²) in [4.78, 5) is 7.52. The second-order valence-corrected chi connectivity index (χ2v) is 7.28. The summed E-state index contributed by atoms with van der Waals surface area (Å²) in [6, 6.07) is 11.4. The molecule has 9 heteroatoms. The molecule has 150 valence electrons. The zero-order chi connectivity index (χ0) is 21.6. The van der Waals surface area contributed by atoms with Gasteiger partial charge in [-0.25, -0.2) is 0 Å². The number of hydrogen-bond acceptors (Lipinski definition) is 4. The molecule has 2 aromatic rings. The summed E-state index contributed by atoms with van der Waals surface area (Å²) in [5, 5.41) is 18.8. The van der Waals surface area contributed by atoms with E-state index >= 15 is 0 Å². The topological polar surface area (TPSA) is 62.9 Å². The van der Waals surface area contributed by atoms with E-state index in [-0.39, 0.29) is 16.5 Å². The maximum absolute atomic E-state index is 13.4. The van der Waals surface area contributed by atoms with Crippen molar-refractivity contribution in [2.75, 3.05) is 16.8 Å². The molecule has 0 radical (unpaired) electrons. The fraction of sp³-hybridized carbons (Fsp3) is 0.250. The summed E-state index contributed by atoms with van der Waals surface area (Å²) < 4.78 is 40.3. The van der Waals surface area contributed by atoms with Crippen molar-refractivity contribution in [3.63, 3.8) is 0 Å². The first kappa shape index (κ1) is 20.6. The monoisotopic (exact) mass is 418 g/mol. The van der Waals surface area contributed by atoms with Crippen LogP contribution in [0, 0.1) is 11.3 Å². The Bertz CT molecular complexity index is 1040. The van der Waals surface area contributed by atoms with Gasteiger partial charge in [0.15, 0.2) is 5.11 Å². The van der Waals surface area contributed by atoms with Crippen molar-refractivity contribution < 1.29 is 18.3 Å². The molecule has 3 rings (SSSR count). The van der Waals surface area contributed by atoms with Gasteiger partial charge in [0.25, 0.3) is 0 Å². The molecule has 0 amide bonds. The Hall–Kier alpha value is -3.12. The number of phenolic OH excluding ortho intramolecular Hbond substituents is 1. The van der Waals surface area contributed by atoms with Gasteiger partial charge < -0.3 is 10.0 Å². The van der Waals surface area contributed by atoms with Crippen LogP contribution in [0.4, 0.5) is 24.5 Å². The number of nitriles is 1. The van der Waals surface area contributed by atoms with Gasteiger partial charge in [0.05, 0.1) is 28.4 Å². The third-order valence-electron chi connectivity index (χ3n) is 4.71. The van der Waals surface area contributed by atoms with Gasteiger partial charge >= 0.3 is 6.18 Å². The van der Waals surface area contributed by atoms with Gasteiger partial charge in [-0.1, -0.05) is 0 Å². The van der Waals surface area contributed by atoms with E-state index in [0.29, 0.717) is 11.5 Å². The van der Waals surface area contributed by atoms with Gasteiger partial charge in [-0.3, -0.25) is 9.89 Å². The molecular weight excluding hydrogens is 401 g/mol. The lowest BCUT2D eigenvalue weighted by Gasteiger charge is -2.30. The molecule has 0 aromatic heterocycles. The predicted molar refractivity (Wildman–Crippen MR) is 109 cm³/mol. The van der Waals surface area contributed by atoms with Gasteiger partial charge in [0, 0.05) is 12.7 Å². The number of anilines is 2. The molecule has 2 aromatic carbocycles. The Morgan fingerprint density at radius 3 is 2.21 bits per heavy atom. The number of rotatable bonds is 2. The molecule has 29 heavy (non-hydrogen) atoms. The van der Waals surface area contributed by atoms with Crippen molar-refractivity contribution >= 4 is 34.5 Å². The highest BCUT2D eigenvalue weighted by molar-refractivity contribution is 7.81. The number of aliphatic imine (C=N–C) groups is 1. The van der Waals surface area contributed by atoms with E-state index in [1.807, 2.05) is 13.8 Å². The average molecular weight is 418 g/mol. The number of phenols is 1. The van der Waals surface area contributed by atoms with Gasteiger partial charge in [-0.15, -0.1) is 0 Å². The molecule has 1 fully saturated rings. The van der Waals surface area contributed by atoms with Gasteiger partial charge in [0.1, 0.15) is 11.6 Å². The molecule has 0 spiro atoms. The Labute approximate surface area is 171 Å². The molecule has 1 N–H and O–H groups in total. The lowest BCUT2D eigenvalue weighted by atomic mass is 10.0. The smallest absolute Gasteiger partial charge is 0.417 e. The molecule has 0 unspecified atom stereocenters. The minimum Gasteiger partial charge on any atom is -0.508 e. The maximum Gasteiger partial charge on any atom is 0.417 e. The second kappa shape index (κ2) is 7.04. The number of benzene rings is 2. The van der Waals surface area contributed by atoms with Crippen LogP contribution in [0.15, 0.2) is 47.5 Å². The van der Waals surface area contributed by atoms with Crippen LogP contribution in [0.2, 0.25) is 0 Å². The molecule has 0 aliphatic carbocycles. The van der Waals surface area contributed by atoms with Crippen LogP contribution in [0.3, 0.4) is 0 Å². The van der Waals surface area contributed by atoms with E-state index in [0.717, 1.165) is 12.1 Å². The number of nitrogens with zero attached hydrogens (tertiary/aromatic N) is 4. The van der Waals surface area contributed by atoms with E-state index in [2.05, 4.69) is 4.99 Å². The second-order valence-electron chi connectivity index (χ2n) is 6.92. The SMILES string of the molecule is CN=C1N(c2ccc(C#N)c(C(F)(F)F)c2)C(=S)N(c2ccc(O)cc2)C1(C)C. The van der Waals surface area contributed by atoms with E-state index in [1.165, 1.54) is 23.1 Å². The Balaban J connectivity index is 2.16. The van der Waals surface area contributed by atoms with Crippen LogP contribution in [0.25, 0.3) is 0 Å². The zero-order valence-electron chi connectivity index (χ0n) is 15.8. The quantitative estimate of drug-likeness (QED) is 0.717. The van der Waals surface area contributed by atoms with Crippen molar-refractivity contribution in [3.05, 3.63) is 53.6 Å². The highest BCUT2D eigenvalue weighted by atomic mass is 32.1. The minimum atomic E-state index is -4.68. The van der Waals surface area contributed by atoms with Crippen LogP contribution in [0.5, 0.6) is 5.75 Å². The van der Waals surface area contributed by atoms with E-state index < -0.39 is 22.8 Å². The molecule has 5 nitrogen and oxygen atoms in total. The molecular formula is C20H17F3N4OS. The van der Waals surface area contributed by atoms with Crippen LogP contribution in [-0.4, -0.2) is 28.6 Å². The number of amidine groups is 1. The van der Waals surface area contributed by atoms with Crippen LogP contribution >= 0.6 is 12.2 Å². The average Bonchev–Trinajstić information content (AvgIpc) is 2.86. The molecule has 0 bridgehead atoms.